The smallest absolute Gasteiger partial charge is 0.232 e. The van der Waals surface area contributed by atoms with Crippen LogP contribution in [0.25, 0.3) is 0 Å². The van der Waals surface area contributed by atoms with E-state index in [1.54, 1.807) is 18.9 Å². The zero-order valence-corrected chi connectivity index (χ0v) is 15.0. The van der Waals surface area contributed by atoms with E-state index in [2.05, 4.69) is 35.0 Å². The zero-order chi connectivity index (χ0) is 15.2. The van der Waals surface area contributed by atoms with Gasteiger partial charge in [-0.15, -0.1) is 11.8 Å². The van der Waals surface area contributed by atoms with E-state index in [0.29, 0.717) is 11.7 Å². The number of hydrogen-bond donors (Lipinski definition) is 0. The van der Waals surface area contributed by atoms with Crippen LogP contribution < -0.4 is 0 Å². The van der Waals surface area contributed by atoms with Gasteiger partial charge in [-0.1, -0.05) is 35.0 Å². The van der Waals surface area contributed by atoms with Crippen molar-refractivity contribution in [3.63, 3.8) is 0 Å². The van der Waals surface area contributed by atoms with Crippen LogP contribution in [0.3, 0.4) is 0 Å². The second-order valence-corrected chi connectivity index (χ2v) is 7.40. The summed E-state index contributed by atoms with van der Waals surface area (Å²) in [7, 11) is 1.73. The number of amides is 1. The molecule has 21 heavy (non-hydrogen) atoms. The molecule has 1 aliphatic rings. The molecule has 2 unspecified atom stereocenters. The van der Waals surface area contributed by atoms with Crippen molar-refractivity contribution in [3.8, 4) is 0 Å². The van der Waals surface area contributed by atoms with Crippen LogP contribution in [0, 0.1) is 5.92 Å². The lowest BCUT2D eigenvalue weighted by Gasteiger charge is -2.36. The Morgan fingerprint density at radius 1 is 1.43 bits per heavy atom. The Labute approximate surface area is 139 Å². The highest BCUT2D eigenvalue weighted by Crippen LogP contribution is 2.21. The van der Waals surface area contributed by atoms with Crippen molar-refractivity contribution in [3.05, 3.63) is 34.3 Å². The molecule has 1 fully saturated rings. The summed E-state index contributed by atoms with van der Waals surface area (Å²) in [6, 6.07) is 8.25. The maximum Gasteiger partial charge on any atom is 0.232 e. The molecule has 0 bridgehead atoms. The van der Waals surface area contributed by atoms with Crippen molar-refractivity contribution in [2.45, 2.75) is 25.2 Å². The first-order valence-electron chi connectivity index (χ1n) is 7.23. The molecule has 0 aliphatic carbocycles. The molecule has 1 saturated heterocycles. The molecule has 0 spiro atoms. The quantitative estimate of drug-likeness (QED) is 0.792. The van der Waals surface area contributed by atoms with E-state index in [1.807, 2.05) is 17.0 Å². The number of halogens is 1. The standard InChI is InChI=1S/C16H22BrNO2S/c1-12-7-8-18(9-15(12)20-2)16(19)11-21-10-13-3-5-14(17)6-4-13/h3-6,12,15H,7-11H2,1-2H3. The zero-order valence-electron chi connectivity index (χ0n) is 12.5. The van der Waals surface area contributed by atoms with Gasteiger partial charge in [-0.25, -0.2) is 0 Å². The van der Waals surface area contributed by atoms with Gasteiger partial charge >= 0.3 is 0 Å². The van der Waals surface area contributed by atoms with E-state index >= 15 is 0 Å². The Kier molecular flexibility index (Phi) is 6.58. The summed E-state index contributed by atoms with van der Waals surface area (Å²) in [6.45, 7) is 3.78. The average molecular weight is 372 g/mol. The molecule has 0 N–H and O–H groups in total. The van der Waals surface area contributed by atoms with Crippen LogP contribution in [0.15, 0.2) is 28.7 Å². The van der Waals surface area contributed by atoms with Gasteiger partial charge in [0.15, 0.2) is 0 Å². The number of thioether (sulfide) groups is 1. The van der Waals surface area contributed by atoms with E-state index in [1.165, 1.54) is 5.56 Å². The van der Waals surface area contributed by atoms with Crippen molar-refractivity contribution >= 4 is 33.6 Å². The van der Waals surface area contributed by atoms with E-state index in [9.17, 15) is 4.79 Å². The fourth-order valence-corrected chi connectivity index (χ4v) is 3.65. The summed E-state index contributed by atoms with van der Waals surface area (Å²) in [5, 5.41) is 0. The lowest BCUT2D eigenvalue weighted by molar-refractivity contribution is -0.133. The number of piperidine rings is 1. The largest absolute Gasteiger partial charge is 0.379 e. The van der Waals surface area contributed by atoms with E-state index in [-0.39, 0.29) is 12.0 Å². The minimum Gasteiger partial charge on any atom is -0.379 e. The molecular weight excluding hydrogens is 350 g/mol. The molecule has 2 atom stereocenters. The second kappa shape index (κ2) is 8.20. The number of benzene rings is 1. The van der Waals surface area contributed by atoms with Gasteiger partial charge < -0.3 is 9.64 Å². The van der Waals surface area contributed by atoms with Gasteiger partial charge in [0.1, 0.15) is 0 Å². The Hall–Kier alpha value is -0.520. The number of methoxy groups -OCH3 is 1. The summed E-state index contributed by atoms with van der Waals surface area (Å²) >= 11 is 5.10. The molecule has 3 nitrogen and oxygen atoms in total. The Morgan fingerprint density at radius 3 is 2.81 bits per heavy atom. The van der Waals surface area contributed by atoms with Crippen LogP contribution in [0.1, 0.15) is 18.9 Å². The topological polar surface area (TPSA) is 29.5 Å². The summed E-state index contributed by atoms with van der Waals surface area (Å²) in [4.78, 5) is 14.2. The predicted octanol–water partition coefficient (Wildman–Crippen LogP) is 3.57. The van der Waals surface area contributed by atoms with Gasteiger partial charge in [-0.05, 0) is 30.0 Å². The third-order valence-electron chi connectivity index (χ3n) is 3.95. The second-order valence-electron chi connectivity index (χ2n) is 5.50. The van der Waals surface area contributed by atoms with Crippen LogP contribution in [-0.2, 0) is 15.3 Å². The maximum absolute atomic E-state index is 12.3. The summed E-state index contributed by atoms with van der Waals surface area (Å²) < 4.78 is 6.55. The number of rotatable bonds is 5. The molecule has 1 aliphatic heterocycles. The summed E-state index contributed by atoms with van der Waals surface area (Å²) in [6.07, 6.45) is 1.21. The SMILES string of the molecule is COC1CN(C(=O)CSCc2ccc(Br)cc2)CCC1C. The lowest BCUT2D eigenvalue weighted by atomic mass is 9.96. The first-order chi connectivity index (χ1) is 10.1. The van der Waals surface area contributed by atoms with Gasteiger partial charge in [0.05, 0.1) is 11.9 Å². The highest BCUT2D eigenvalue weighted by molar-refractivity contribution is 9.10. The van der Waals surface area contributed by atoms with Crippen LogP contribution in [0.4, 0.5) is 0 Å². The van der Waals surface area contributed by atoms with E-state index in [4.69, 9.17) is 4.74 Å². The first kappa shape index (κ1) is 16.8. The molecular formula is C16H22BrNO2S. The van der Waals surface area contributed by atoms with Gasteiger partial charge in [-0.3, -0.25) is 4.79 Å². The first-order valence-corrected chi connectivity index (χ1v) is 9.17. The van der Waals surface area contributed by atoms with Crippen molar-refractivity contribution in [2.24, 2.45) is 5.92 Å². The molecule has 1 amide bonds. The normalized spacial score (nSPS) is 22.3. The number of carbonyl (C=O) groups is 1. The highest BCUT2D eigenvalue weighted by atomic mass is 79.9. The third kappa shape index (κ3) is 5.01. The number of ether oxygens (including phenoxy) is 1. The Balaban J connectivity index is 1.75. The Morgan fingerprint density at radius 2 is 2.14 bits per heavy atom. The van der Waals surface area contributed by atoms with Crippen molar-refractivity contribution in [1.29, 1.82) is 0 Å². The van der Waals surface area contributed by atoms with Crippen molar-refractivity contribution in [1.82, 2.24) is 4.90 Å². The van der Waals surface area contributed by atoms with Crippen LogP contribution in [0.2, 0.25) is 0 Å². The predicted molar refractivity (Wildman–Crippen MR) is 91.5 cm³/mol. The molecule has 0 saturated carbocycles. The molecule has 116 valence electrons. The minimum atomic E-state index is 0.180. The molecule has 2 rings (SSSR count). The monoisotopic (exact) mass is 371 g/mol. The van der Waals surface area contributed by atoms with Gasteiger partial charge in [0.25, 0.3) is 0 Å². The minimum absolute atomic E-state index is 0.180. The van der Waals surface area contributed by atoms with E-state index < -0.39 is 0 Å². The van der Waals surface area contributed by atoms with Gasteiger partial charge in [0.2, 0.25) is 5.91 Å². The molecule has 0 aromatic heterocycles. The third-order valence-corrected chi connectivity index (χ3v) is 5.47. The number of carbonyl (C=O) groups excluding carboxylic acids is 1. The Bertz CT molecular complexity index is 466. The molecule has 0 radical (unpaired) electrons. The highest BCUT2D eigenvalue weighted by Gasteiger charge is 2.28. The van der Waals surface area contributed by atoms with Crippen LogP contribution >= 0.6 is 27.7 Å². The maximum atomic E-state index is 12.3. The van der Waals surface area contributed by atoms with Gasteiger partial charge in [-0.2, -0.15) is 0 Å². The number of hydrogen-bond acceptors (Lipinski definition) is 3. The fourth-order valence-electron chi connectivity index (χ4n) is 2.50. The number of nitrogens with zero attached hydrogens (tertiary/aromatic N) is 1. The van der Waals surface area contributed by atoms with Crippen LogP contribution in [-0.4, -0.2) is 42.9 Å². The van der Waals surface area contributed by atoms with Crippen molar-refractivity contribution < 1.29 is 9.53 Å². The van der Waals surface area contributed by atoms with Gasteiger partial charge in [0, 0.05) is 30.4 Å². The molecule has 1 aromatic carbocycles. The van der Waals surface area contributed by atoms with E-state index in [0.717, 1.165) is 29.7 Å². The fraction of sp³-hybridized carbons (Fsp3) is 0.562. The molecule has 5 heteroatoms. The average Bonchev–Trinajstić information content (AvgIpc) is 2.49. The summed E-state index contributed by atoms with van der Waals surface area (Å²) in [5.41, 5.74) is 1.25. The lowest BCUT2D eigenvalue weighted by Crippen LogP contribution is -2.47. The summed E-state index contributed by atoms with van der Waals surface area (Å²) in [5.74, 6) is 2.18. The molecule has 1 aromatic rings. The molecule has 1 heterocycles. The van der Waals surface area contributed by atoms with Crippen LogP contribution in [0.5, 0.6) is 0 Å². The van der Waals surface area contributed by atoms with Crippen molar-refractivity contribution in [2.75, 3.05) is 26.0 Å². The number of likely N-dealkylation sites (tertiary alicyclic amines) is 1.